The highest BCUT2D eigenvalue weighted by molar-refractivity contribution is 6.30. The molecule has 1 amide bonds. The molecular weight excluding hydrogens is 356 g/mol. The van der Waals surface area contributed by atoms with Crippen LogP contribution in [0.2, 0.25) is 5.15 Å². The summed E-state index contributed by atoms with van der Waals surface area (Å²) in [4.78, 5) is 19.2. The fourth-order valence-corrected chi connectivity index (χ4v) is 3.34. The summed E-state index contributed by atoms with van der Waals surface area (Å²) in [5, 5.41) is 1.51. The molecule has 0 bridgehead atoms. The third-order valence-corrected chi connectivity index (χ3v) is 4.89. The predicted molar refractivity (Wildman–Crippen MR) is 112 cm³/mol. The largest absolute Gasteiger partial charge is 0.338 e. The number of para-hydroxylation sites is 1. The van der Waals surface area contributed by atoms with Crippen LogP contribution < -0.4 is 0 Å². The number of amides is 1. The molecule has 0 unspecified atom stereocenters. The van der Waals surface area contributed by atoms with Gasteiger partial charge in [-0.25, -0.2) is 4.98 Å². The van der Waals surface area contributed by atoms with Crippen molar-refractivity contribution in [3.63, 3.8) is 0 Å². The Labute approximate surface area is 166 Å². The van der Waals surface area contributed by atoms with Crippen molar-refractivity contribution in [3.05, 3.63) is 76.9 Å². The SMILES string of the molecule is CC(C)CC(=O)N(CCc1ccccc1)Cc1cc2ccccc2nc1Cl. The van der Waals surface area contributed by atoms with Crippen LogP contribution in [0.1, 0.15) is 31.4 Å². The van der Waals surface area contributed by atoms with Crippen molar-refractivity contribution in [1.82, 2.24) is 9.88 Å². The maximum atomic E-state index is 12.8. The molecule has 140 valence electrons. The molecule has 0 fully saturated rings. The van der Waals surface area contributed by atoms with E-state index >= 15 is 0 Å². The second-order valence-corrected chi connectivity index (χ2v) is 7.64. The molecule has 0 aliphatic rings. The molecule has 0 aliphatic heterocycles. The number of nitrogens with zero attached hydrogens (tertiary/aromatic N) is 2. The molecule has 2 aromatic carbocycles. The highest BCUT2D eigenvalue weighted by Gasteiger charge is 2.17. The summed E-state index contributed by atoms with van der Waals surface area (Å²) < 4.78 is 0. The van der Waals surface area contributed by atoms with Crippen LogP contribution in [-0.4, -0.2) is 22.3 Å². The zero-order valence-electron chi connectivity index (χ0n) is 15.9. The second-order valence-electron chi connectivity index (χ2n) is 7.28. The van der Waals surface area contributed by atoms with Crippen LogP contribution in [0.5, 0.6) is 0 Å². The Morgan fingerprint density at radius 1 is 1.07 bits per heavy atom. The summed E-state index contributed by atoms with van der Waals surface area (Å²) in [6, 6.07) is 20.2. The van der Waals surface area contributed by atoms with E-state index in [4.69, 9.17) is 11.6 Å². The van der Waals surface area contributed by atoms with Gasteiger partial charge >= 0.3 is 0 Å². The Morgan fingerprint density at radius 3 is 2.52 bits per heavy atom. The molecule has 0 N–H and O–H groups in total. The van der Waals surface area contributed by atoms with Gasteiger partial charge in [-0.05, 0) is 30.0 Å². The molecule has 27 heavy (non-hydrogen) atoms. The second kappa shape index (κ2) is 9.01. The molecule has 3 aromatic rings. The lowest BCUT2D eigenvalue weighted by molar-refractivity contribution is -0.132. The summed E-state index contributed by atoms with van der Waals surface area (Å²) in [6.07, 6.45) is 1.36. The van der Waals surface area contributed by atoms with E-state index in [2.05, 4.69) is 31.0 Å². The van der Waals surface area contributed by atoms with Crippen LogP contribution in [0.15, 0.2) is 60.7 Å². The fraction of sp³-hybridized carbons (Fsp3) is 0.304. The van der Waals surface area contributed by atoms with Crippen molar-refractivity contribution < 1.29 is 4.79 Å². The molecule has 0 saturated carbocycles. The first-order valence-corrected chi connectivity index (χ1v) is 9.76. The van der Waals surface area contributed by atoms with E-state index < -0.39 is 0 Å². The van der Waals surface area contributed by atoms with E-state index in [0.29, 0.717) is 30.6 Å². The number of hydrogen-bond acceptors (Lipinski definition) is 2. The van der Waals surface area contributed by atoms with Crippen molar-refractivity contribution in [2.45, 2.75) is 33.2 Å². The first kappa shape index (κ1) is 19.4. The molecule has 0 aliphatic carbocycles. The minimum absolute atomic E-state index is 0.158. The van der Waals surface area contributed by atoms with Gasteiger partial charge in [-0.3, -0.25) is 4.79 Å². The van der Waals surface area contributed by atoms with E-state index in [1.807, 2.05) is 53.4 Å². The molecule has 1 aromatic heterocycles. The Hall–Kier alpha value is -2.39. The van der Waals surface area contributed by atoms with Crippen LogP contribution in [-0.2, 0) is 17.8 Å². The van der Waals surface area contributed by atoms with Gasteiger partial charge in [0.1, 0.15) is 5.15 Å². The number of benzene rings is 2. The molecular formula is C23H25ClN2O. The number of carbonyl (C=O) groups is 1. The van der Waals surface area contributed by atoms with Gasteiger partial charge in [-0.15, -0.1) is 0 Å². The maximum absolute atomic E-state index is 12.8. The van der Waals surface area contributed by atoms with Gasteiger partial charge in [-0.2, -0.15) is 0 Å². The van der Waals surface area contributed by atoms with Crippen molar-refractivity contribution in [3.8, 4) is 0 Å². The standard InChI is InChI=1S/C23H25ClN2O/c1-17(2)14-22(27)26(13-12-18-8-4-3-5-9-18)16-20-15-19-10-6-7-11-21(19)25-23(20)24/h3-11,15,17H,12-14,16H2,1-2H3. The number of aromatic nitrogens is 1. The number of carbonyl (C=O) groups excluding carboxylic acids is 1. The molecule has 1 heterocycles. The van der Waals surface area contributed by atoms with E-state index in [9.17, 15) is 4.79 Å². The van der Waals surface area contributed by atoms with Crippen molar-refractivity contribution >= 4 is 28.4 Å². The molecule has 3 nitrogen and oxygen atoms in total. The highest BCUT2D eigenvalue weighted by atomic mass is 35.5. The molecule has 0 saturated heterocycles. The summed E-state index contributed by atoms with van der Waals surface area (Å²) in [5.74, 6) is 0.479. The number of fused-ring (bicyclic) bond motifs is 1. The zero-order valence-corrected chi connectivity index (χ0v) is 16.6. The normalized spacial score (nSPS) is 11.1. The van der Waals surface area contributed by atoms with Gasteiger partial charge in [-0.1, -0.05) is 74.0 Å². The van der Waals surface area contributed by atoms with E-state index in [-0.39, 0.29) is 5.91 Å². The lowest BCUT2D eigenvalue weighted by Gasteiger charge is -2.24. The molecule has 0 atom stereocenters. The van der Waals surface area contributed by atoms with Crippen molar-refractivity contribution in [1.29, 1.82) is 0 Å². The summed E-state index contributed by atoms with van der Waals surface area (Å²) in [6.45, 7) is 5.28. The number of halogens is 1. The van der Waals surface area contributed by atoms with Gasteiger partial charge in [0, 0.05) is 30.5 Å². The van der Waals surface area contributed by atoms with E-state index in [1.54, 1.807) is 0 Å². The van der Waals surface area contributed by atoms with Gasteiger partial charge in [0.2, 0.25) is 5.91 Å². The summed E-state index contributed by atoms with van der Waals surface area (Å²) in [5.41, 5.74) is 2.98. The third-order valence-electron chi connectivity index (χ3n) is 4.56. The Morgan fingerprint density at radius 2 is 1.78 bits per heavy atom. The number of hydrogen-bond donors (Lipinski definition) is 0. The Bertz CT molecular complexity index is 909. The van der Waals surface area contributed by atoms with Crippen LogP contribution in [0.25, 0.3) is 10.9 Å². The monoisotopic (exact) mass is 380 g/mol. The Kier molecular flexibility index (Phi) is 6.46. The summed E-state index contributed by atoms with van der Waals surface area (Å²) in [7, 11) is 0. The van der Waals surface area contributed by atoms with E-state index in [0.717, 1.165) is 22.9 Å². The number of rotatable bonds is 7. The molecule has 0 spiro atoms. The number of pyridine rings is 1. The smallest absolute Gasteiger partial charge is 0.223 e. The Balaban J connectivity index is 1.81. The molecule has 3 rings (SSSR count). The zero-order chi connectivity index (χ0) is 19.2. The first-order valence-electron chi connectivity index (χ1n) is 9.39. The lowest BCUT2D eigenvalue weighted by Crippen LogP contribution is -2.33. The first-order chi connectivity index (χ1) is 13.0. The minimum atomic E-state index is 0.158. The molecule has 4 heteroatoms. The average Bonchev–Trinajstić information content (AvgIpc) is 2.65. The van der Waals surface area contributed by atoms with Crippen LogP contribution >= 0.6 is 11.6 Å². The van der Waals surface area contributed by atoms with Gasteiger partial charge in [0.25, 0.3) is 0 Å². The predicted octanol–water partition coefficient (Wildman–Crippen LogP) is 5.51. The fourth-order valence-electron chi connectivity index (χ4n) is 3.13. The van der Waals surface area contributed by atoms with Crippen molar-refractivity contribution in [2.75, 3.05) is 6.54 Å². The third kappa shape index (κ3) is 5.30. The quantitative estimate of drug-likeness (QED) is 0.506. The highest BCUT2D eigenvalue weighted by Crippen LogP contribution is 2.22. The van der Waals surface area contributed by atoms with Crippen LogP contribution in [0.3, 0.4) is 0 Å². The lowest BCUT2D eigenvalue weighted by atomic mass is 10.1. The topological polar surface area (TPSA) is 33.2 Å². The summed E-state index contributed by atoms with van der Waals surface area (Å²) >= 11 is 6.43. The van der Waals surface area contributed by atoms with Gasteiger partial charge in [0.05, 0.1) is 5.52 Å². The van der Waals surface area contributed by atoms with Crippen LogP contribution in [0.4, 0.5) is 0 Å². The minimum Gasteiger partial charge on any atom is -0.338 e. The van der Waals surface area contributed by atoms with Crippen LogP contribution in [0, 0.1) is 5.92 Å². The van der Waals surface area contributed by atoms with Gasteiger partial charge < -0.3 is 4.90 Å². The van der Waals surface area contributed by atoms with Gasteiger partial charge in [0.15, 0.2) is 0 Å². The van der Waals surface area contributed by atoms with Crippen molar-refractivity contribution in [2.24, 2.45) is 5.92 Å². The molecule has 0 radical (unpaired) electrons. The maximum Gasteiger partial charge on any atom is 0.223 e. The average molecular weight is 381 g/mol. The van der Waals surface area contributed by atoms with E-state index in [1.165, 1.54) is 5.56 Å².